The molecule has 0 aromatic heterocycles. The van der Waals surface area contributed by atoms with E-state index >= 15 is 0 Å². The molecule has 0 aliphatic heterocycles. The van der Waals surface area contributed by atoms with Crippen molar-refractivity contribution in [2.45, 2.75) is 72.1 Å². The van der Waals surface area contributed by atoms with Gasteiger partial charge >= 0.3 is 6.09 Å². The normalized spacial score (nSPS) is 14.0. The second kappa shape index (κ2) is 7.84. The van der Waals surface area contributed by atoms with Crippen LogP contribution in [0.1, 0.15) is 54.9 Å². The van der Waals surface area contributed by atoms with Crippen molar-refractivity contribution in [2.75, 3.05) is 19.7 Å². The van der Waals surface area contributed by atoms with Crippen molar-refractivity contribution in [3.8, 4) is 0 Å². The van der Waals surface area contributed by atoms with Gasteiger partial charge in [0.1, 0.15) is 5.60 Å². The highest BCUT2D eigenvalue weighted by Crippen LogP contribution is 2.17. The van der Waals surface area contributed by atoms with E-state index in [1.165, 1.54) is 0 Å². The summed E-state index contributed by atoms with van der Waals surface area (Å²) in [6.07, 6.45) is 0.558. The zero-order valence-corrected chi connectivity index (χ0v) is 14.1. The zero-order valence-electron chi connectivity index (χ0n) is 14.1. The molecule has 0 aromatic carbocycles. The smallest absolute Gasteiger partial charge is 0.410 e. The van der Waals surface area contributed by atoms with Crippen LogP contribution in [0.5, 0.6) is 0 Å². The second-order valence-electron chi connectivity index (χ2n) is 7.04. The molecular formula is C15H32N2O3. The van der Waals surface area contributed by atoms with Gasteiger partial charge in [-0.15, -0.1) is 0 Å². The highest BCUT2D eigenvalue weighted by atomic mass is 16.6. The van der Waals surface area contributed by atoms with Crippen LogP contribution in [-0.4, -0.2) is 53.0 Å². The minimum atomic E-state index is -0.495. The van der Waals surface area contributed by atoms with E-state index in [1.807, 2.05) is 48.5 Å². The first-order valence-corrected chi connectivity index (χ1v) is 7.36. The minimum absolute atomic E-state index is 0.0791. The number of rotatable bonds is 6. The average molecular weight is 288 g/mol. The number of nitrogens with zero attached hydrogens (tertiary/aromatic N) is 1. The SMILES string of the molecule is CCC(CO)NCCN(C(=O)OC(C)(C)C)C(C)(C)C. The average Bonchev–Trinajstić information content (AvgIpc) is 2.25. The lowest BCUT2D eigenvalue weighted by Crippen LogP contribution is -2.51. The topological polar surface area (TPSA) is 61.8 Å². The quantitative estimate of drug-likeness (QED) is 0.788. The minimum Gasteiger partial charge on any atom is -0.444 e. The van der Waals surface area contributed by atoms with Gasteiger partial charge in [-0.3, -0.25) is 0 Å². The molecule has 5 heteroatoms. The largest absolute Gasteiger partial charge is 0.444 e. The molecule has 0 rings (SSSR count). The third kappa shape index (κ3) is 7.70. The first-order chi connectivity index (χ1) is 9.01. The fourth-order valence-electron chi connectivity index (χ4n) is 1.74. The van der Waals surface area contributed by atoms with Crippen LogP contribution in [0.15, 0.2) is 0 Å². The van der Waals surface area contributed by atoms with E-state index in [0.717, 1.165) is 6.42 Å². The molecule has 0 radical (unpaired) electrons. The number of hydrogen-bond acceptors (Lipinski definition) is 4. The number of nitrogens with one attached hydrogen (secondary N) is 1. The van der Waals surface area contributed by atoms with Crippen molar-refractivity contribution < 1.29 is 14.6 Å². The van der Waals surface area contributed by atoms with Crippen LogP contribution < -0.4 is 5.32 Å². The summed E-state index contributed by atoms with van der Waals surface area (Å²) in [7, 11) is 0. The molecule has 0 aliphatic carbocycles. The van der Waals surface area contributed by atoms with Crippen molar-refractivity contribution in [1.29, 1.82) is 0 Å². The number of carbonyl (C=O) groups is 1. The third-order valence-electron chi connectivity index (χ3n) is 2.91. The van der Waals surface area contributed by atoms with Gasteiger partial charge in [-0.2, -0.15) is 0 Å². The fraction of sp³-hybridized carbons (Fsp3) is 0.933. The maximum absolute atomic E-state index is 12.2. The van der Waals surface area contributed by atoms with E-state index in [1.54, 1.807) is 4.90 Å². The molecular weight excluding hydrogens is 256 g/mol. The monoisotopic (exact) mass is 288 g/mol. The molecule has 5 nitrogen and oxygen atoms in total. The van der Waals surface area contributed by atoms with Crippen LogP contribution in [0.3, 0.4) is 0 Å². The van der Waals surface area contributed by atoms with Gasteiger partial charge in [-0.25, -0.2) is 4.79 Å². The van der Waals surface area contributed by atoms with Crippen LogP contribution in [0.25, 0.3) is 0 Å². The van der Waals surface area contributed by atoms with Crippen LogP contribution in [0.2, 0.25) is 0 Å². The van der Waals surface area contributed by atoms with Crippen molar-refractivity contribution in [1.82, 2.24) is 10.2 Å². The first kappa shape index (κ1) is 19.2. The van der Waals surface area contributed by atoms with E-state index in [4.69, 9.17) is 9.84 Å². The van der Waals surface area contributed by atoms with Gasteiger partial charge in [0.25, 0.3) is 0 Å². The van der Waals surface area contributed by atoms with Crippen molar-refractivity contribution in [3.05, 3.63) is 0 Å². The molecule has 0 saturated carbocycles. The number of hydrogen-bond donors (Lipinski definition) is 2. The maximum atomic E-state index is 12.2. The summed E-state index contributed by atoms with van der Waals surface area (Å²) in [4.78, 5) is 14.0. The van der Waals surface area contributed by atoms with E-state index in [9.17, 15) is 4.79 Å². The van der Waals surface area contributed by atoms with Crippen molar-refractivity contribution in [2.24, 2.45) is 0 Å². The molecule has 0 saturated heterocycles. The van der Waals surface area contributed by atoms with E-state index < -0.39 is 5.60 Å². The van der Waals surface area contributed by atoms with Crippen LogP contribution in [0, 0.1) is 0 Å². The van der Waals surface area contributed by atoms with Crippen molar-refractivity contribution >= 4 is 6.09 Å². The molecule has 0 bridgehead atoms. The van der Waals surface area contributed by atoms with Gasteiger partial charge in [-0.1, -0.05) is 6.92 Å². The Morgan fingerprint density at radius 3 is 2.15 bits per heavy atom. The lowest BCUT2D eigenvalue weighted by molar-refractivity contribution is 0.00636. The summed E-state index contributed by atoms with van der Waals surface area (Å²) in [5.74, 6) is 0. The molecule has 0 aliphatic rings. The first-order valence-electron chi connectivity index (χ1n) is 7.36. The maximum Gasteiger partial charge on any atom is 0.410 e. The Balaban J connectivity index is 4.56. The molecule has 20 heavy (non-hydrogen) atoms. The lowest BCUT2D eigenvalue weighted by Gasteiger charge is -2.37. The van der Waals surface area contributed by atoms with Gasteiger partial charge < -0.3 is 20.1 Å². The number of aliphatic hydroxyl groups excluding tert-OH is 1. The Labute approximate surface area is 123 Å². The third-order valence-corrected chi connectivity index (χ3v) is 2.91. The molecule has 0 fully saturated rings. The summed E-state index contributed by atoms with van der Waals surface area (Å²) < 4.78 is 5.45. The number of aliphatic hydroxyl groups is 1. The predicted molar refractivity (Wildman–Crippen MR) is 81.9 cm³/mol. The number of amides is 1. The summed E-state index contributed by atoms with van der Waals surface area (Å²) in [5, 5.41) is 12.4. The van der Waals surface area contributed by atoms with Crippen LogP contribution in [-0.2, 0) is 4.74 Å². The molecule has 0 aromatic rings. The van der Waals surface area contributed by atoms with Crippen molar-refractivity contribution in [3.63, 3.8) is 0 Å². The molecule has 1 unspecified atom stereocenters. The molecule has 120 valence electrons. The van der Waals surface area contributed by atoms with Gasteiger partial charge in [0, 0.05) is 24.7 Å². The molecule has 1 amide bonds. The van der Waals surface area contributed by atoms with Crippen LogP contribution in [0.4, 0.5) is 4.79 Å². The summed E-state index contributed by atoms with van der Waals surface area (Å²) in [5.41, 5.74) is -0.796. The summed E-state index contributed by atoms with van der Waals surface area (Å²) in [6, 6.07) is 0.0791. The van der Waals surface area contributed by atoms with E-state index in [2.05, 4.69) is 5.32 Å². The van der Waals surface area contributed by atoms with E-state index in [0.29, 0.717) is 13.1 Å². The van der Waals surface area contributed by atoms with Gasteiger partial charge in [-0.05, 0) is 48.0 Å². The molecule has 2 N–H and O–H groups in total. The Kier molecular flexibility index (Phi) is 7.52. The number of carbonyl (C=O) groups excluding carboxylic acids is 1. The van der Waals surface area contributed by atoms with Crippen LogP contribution >= 0.6 is 0 Å². The zero-order chi connectivity index (χ0) is 16.0. The highest BCUT2D eigenvalue weighted by Gasteiger charge is 2.30. The van der Waals surface area contributed by atoms with Gasteiger partial charge in [0.2, 0.25) is 0 Å². The van der Waals surface area contributed by atoms with Gasteiger partial charge in [0.15, 0.2) is 0 Å². The molecule has 1 atom stereocenters. The summed E-state index contributed by atoms with van der Waals surface area (Å²) >= 11 is 0. The molecule has 0 heterocycles. The lowest BCUT2D eigenvalue weighted by atomic mass is 10.1. The molecule has 0 spiro atoms. The Hall–Kier alpha value is -0.810. The summed E-state index contributed by atoms with van der Waals surface area (Å²) in [6.45, 7) is 14.9. The Bertz CT molecular complexity index is 288. The predicted octanol–water partition coefficient (Wildman–Crippen LogP) is 2.38. The standard InChI is InChI=1S/C15H32N2O3/c1-8-12(11-18)16-9-10-17(14(2,3)4)13(19)20-15(5,6)7/h12,16,18H,8-11H2,1-7H3. The number of ether oxygens (including phenoxy) is 1. The Morgan fingerprint density at radius 1 is 1.25 bits per heavy atom. The fourth-order valence-corrected chi connectivity index (χ4v) is 1.74. The second-order valence-corrected chi connectivity index (χ2v) is 7.04. The highest BCUT2D eigenvalue weighted by molar-refractivity contribution is 5.69. The van der Waals surface area contributed by atoms with Gasteiger partial charge in [0.05, 0.1) is 6.61 Å². The van der Waals surface area contributed by atoms with E-state index in [-0.39, 0.29) is 24.3 Å². The Morgan fingerprint density at radius 2 is 1.80 bits per heavy atom.